The molecule has 3 rings (SSSR count). The quantitative estimate of drug-likeness (QED) is 0.706. The van der Waals surface area contributed by atoms with E-state index in [9.17, 15) is 9.59 Å². The van der Waals surface area contributed by atoms with Gasteiger partial charge in [-0.25, -0.2) is 9.78 Å². The van der Waals surface area contributed by atoms with Gasteiger partial charge in [0, 0.05) is 58.7 Å². The molecule has 162 valence electrons. The molecule has 1 atom stereocenters. The third kappa shape index (κ3) is 5.82. The first kappa shape index (κ1) is 21.8. The average Bonchev–Trinajstić information content (AvgIpc) is 3.26. The molecule has 0 aromatic carbocycles. The largest absolute Gasteiger partial charge is 0.347 e. The third-order valence-electron chi connectivity index (χ3n) is 5.65. The molecule has 1 unspecified atom stereocenters. The van der Waals surface area contributed by atoms with Gasteiger partial charge in [-0.1, -0.05) is 0 Å². The maximum Gasteiger partial charge on any atom is 0.317 e. The Morgan fingerprint density at radius 3 is 2.76 bits per heavy atom. The Morgan fingerprint density at radius 1 is 1.21 bits per heavy atom. The topological polar surface area (TPSA) is 72.0 Å². The standard InChI is InChI=1S/C20H34N6O2S/c1-16-15-29-20(22-16)26-12-6-11-25(13-14-26)19(28)21-8-5-10-24-9-4-7-17(24)18(27)23(2)3/h15,17H,4-14H2,1-3H3,(H,21,28). The van der Waals surface area contributed by atoms with E-state index in [-0.39, 0.29) is 18.0 Å². The SMILES string of the molecule is Cc1csc(N2CCCN(C(=O)NCCCN3CCCC3C(=O)N(C)C)CC2)n1. The average molecular weight is 423 g/mol. The number of carbonyl (C=O) groups is 2. The van der Waals surface area contributed by atoms with Gasteiger partial charge in [-0.05, 0) is 39.2 Å². The minimum Gasteiger partial charge on any atom is -0.347 e. The van der Waals surface area contributed by atoms with E-state index in [1.54, 1.807) is 16.2 Å². The molecule has 1 aromatic rings. The van der Waals surface area contributed by atoms with Crippen LogP contribution >= 0.6 is 11.3 Å². The molecule has 2 aliphatic rings. The molecule has 0 spiro atoms. The molecule has 0 aliphatic carbocycles. The van der Waals surface area contributed by atoms with Crippen molar-refractivity contribution in [3.8, 4) is 0 Å². The summed E-state index contributed by atoms with van der Waals surface area (Å²) in [6, 6.07) is 0.0244. The molecular weight excluding hydrogens is 388 g/mol. The zero-order valence-electron chi connectivity index (χ0n) is 17.9. The van der Waals surface area contributed by atoms with E-state index in [4.69, 9.17) is 0 Å². The second kappa shape index (κ2) is 10.2. The Labute approximate surface area is 177 Å². The maximum absolute atomic E-state index is 12.6. The van der Waals surface area contributed by atoms with Crippen LogP contribution < -0.4 is 10.2 Å². The van der Waals surface area contributed by atoms with Gasteiger partial charge in [0.25, 0.3) is 0 Å². The lowest BCUT2D eigenvalue weighted by Crippen LogP contribution is -2.45. The van der Waals surface area contributed by atoms with Crippen molar-refractivity contribution in [2.45, 2.75) is 38.6 Å². The molecule has 2 saturated heterocycles. The number of urea groups is 1. The monoisotopic (exact) mass is 422 g/mol. The zero-order chi connectivity index (χ0) is 20.8. The van der Waals surface area contributed by atoms with Crippen molar-refractivity contribution in [1.29, 1.82) is 0 Å². The Balaban J connectivity index is 1.38. The van der Waals surface area contributed by atoms with Gasteiger partial charge in [-0.15, -0.1) is 11.3 Å². The first-order valence-corrected chi connectivity index (χ1v) is 11.5. The van der Waals surface area contributed by atoms with Gasteiger partial charge < -0.3 is 20.0 Å². The number of hydrogen-bond donors (Lipinski definition) is 1. The normalized spacial score (nSPS) is 20.6. The Hall–Kier alpha value is -1.87. The highest BCUT2D eigenvalue weighted by atomic mass is 32.1. The summed E-state index contributed by atoms with van der Waals surface area (Å²) in [6.07, 6.45) is 3.82. The van der Waals surface area contributed by atoms with Crippen LogP contribution in [0, 0.1) is 6.92 Å². The minimum atomic E-state index is 0.00629. The van der Waals surface area contributed by atoms with E-state index in [0.717, 1.165) is 75.8 Å². The molecule has 2 fully saturated rings. The molecule has 3 amide bonds. The smallest absolute Gasteiger partial charge is 0.317 e. The first-order chi connectivity index (χ1) is 14.0. The number of hydrogen-bond acceptors (Lipinski definition) is 6. The molecule has 0 saturated carbocycles. The van der Waals surface area contributed by atoms with Crippen molar-refractivity contribution < 1.29 is 9.59 Å². The highest BCUT2D eigenvalue weighted by Crippen LogP contribution is 2.21. The molecule has 29 heavy (non-hydrogen) atoms. The Bertz CT molecular complexity index is 694. The lowest BCUT2D eigenvalue weighted by molar-refractivity contribution is -0.133. The van der Waals surface area contributed by atoms with Crippen LogP contribution in [0.25, 0.3) is 0 Å². The number of thiazole rings is 1. The van der Waals surface area contributed by atoms with E-state index in [1.807, 2.05) is 25.9 Å². The number of aryl methyl sites for hydroxylation is 1. The second-order valence-corrected chi connectivity index (χ2v) is 8.95. The van der Waals surface area contributed by atoms with E-state index in [2.05, 4.69) is 25.5 Å². The predicted octanol–water partition coefficient (Wildman–Crippen LogP) is 1.62. The van der Waals surface area contributed by atoms with Crippen LogP contribution in [0.3, 0.4) is 0 Å². The third-order valence-corrected chi connectivity index (χ3v) is 6.67. The fourth-order valence-corrected chi connectivity index (χ4v) is 4.92. The van der Waals surface area contributed by atoms with Crippen LogP contribution in [0.5, 0.6) is 0 Å². The lowest BCUT2D eigenvalue weighted by atomic mass is 10.2. The Kier molecular flexibility index (Phi) is 7.71. The lowest BCUT2D eigenvalue weighted by Gasteiger charge is -2.26. The second-order valence-electron chi connectivity index (χ2n) is 8.11. The van der Waals surface area contributed by atoms with Gasteiger partial charge in [0.2, 0.25) is 5.91 Å². The molecule has 0 radical (unpaired) electrons. The number of amides is 3. The Morgan fingerprint density at radius 2 is 2.03 bits per heavy atom. The molecule has 0 bridgehead atoms. The molecule has 1 aromatic heterocycles. The molecule has 9 heteroatoms. The highest BCUT2D eigenvalue weighted by Gasteiger charge is 2.31. The number of anilines is 1. The number of rotatable bonds is 6. The fourth-order valence-electron chi connectivity index (χ4n) is 4.06. The van der Waals surface area contributed by atoms with E-state index in [0.29, 0.717) is 6.54 Å². The molecular formula is C20H34N6O2S. The number of likely N-dealkylation sites (tertiary alicyclic amines) is 1. The van der Waals surface area contributed by atoms with Crippen molar-refractivity contribution in [2.24, 2.45) is 0 Å². The minimum absolute atomic E-state index is 0.00629. The van der Waals surface area contributed by atoms with Crippen LogP contribution in [-0.2, 0) is 4.79 Å². The van der Waals surface area contributed by atoms with E-state index >= 15 is 0 Å². The molecule has 2 aliphatic heterocycles. The van der Waals surface area contributed by atoms with Gasteiger partial charge in [0.05, 0.1) is 11.7 Å². The summed E-state index contributed by atoms with van der Waals surface area (Å²) >= 11 is 1.67. The van der Waals surface area contributed by atoms with Crippen LogP contribution in [0.1, 0.15) is 31.4 Å². The number of nitrogens with one attached hydrogen (secondary N) is 1. The maximum atomic E-state index is 12.6. The van der Waals surface area contributed by atoms with Crippen molar-refractivity contribution in [2.75, 3.05) is 64.8 Å². The number of likely N-dealkylation sites (N-methyl/N-ethyl adjacent to an activating group) is 1. The highest BCUT2D eigenvalue weighted by molar-refractivity contribution is 7.13. The molecule has 8 nitrogen and oxygen atoms in total. The zero-order valence-corrected chi connectivity index (χ0v) is 18.7. The van der Waals surface area contributed by atoms with Gasteiger partial charge in [0.15, 0.2) is 5.13 Å². The summed E-state index contributed by atoms with van der Waals surface area (Å²) in [5.74, 6) is 0.191. The van der Waals surface area contributed by atoms with Gasteiger partial charge in [-0.2, -0.15) is 0 Å². The number of nitrogens with zero attached hydrogens (tertiary/aromatic N) is 5. The first-order valence-electron chi connectivity index (χ1n) is 10.6. The van der Waals surface area contributed by atoms with Crippen LogP contribution in [0.2, 0.25) is 0 Å². The molecule has 1 N–H and O–H groups in total. The van der Waals surface area contributed by atoms with Crippen molar-refractivity contribution in [3.63, 3.8) is 0 Å². The van der Waals surface area contributed by atoms with Crippen molar-refractivity contribution in [3.05, 3.63) is 11.1 Å². The van der Waals surface area contributed by atoms with Crippen LogP contribution in [0.15, 0.2) is 5.38 Å². The fraction of sp³-hybridized carbons (Fsp3) is 0.750. The molecule has 3 heterocycles. The van der Waals surface area contributed by atoms with E-state index < -0.39 is 0 Å². The van der Waals surface area contributed by atoms with Crippen LogP contribution in [0.4, 0.5) is 9.93 Å². The van der Waals surface area contributed by atoms with Gasteiger partial charge >= 0.3 is 6.03 Å². The summed E-state index contributed by atoms with van der Waals surface area (Å²) in [7, 11) is 3.63. The predicted molar refractivity (Wildman–Crippen MR) is 117 cm³/mol. The van der Waals surface area contributed by atoms with Crippen molar-refractivity contribution in [1.82, 2.24) is 25.0 Å². The van der Waals surface area contributed by atoms with Crippen LogP contribution in [-0.4, -0.2) is 97.6 Å². The van der Waals surface area contributed by atoms with Gasteiger partial charge in [0.1, 0.15) is 0 Å². The number of aromatic nitrogens is 1. The number of carbonyl (C=O) groups excluding carboxylic acids is 2. The summed E-state index contributed by atoms with van der Waals surface area (Å²) in [5.41, 5.74) is 1.05. The van der Waals surface area contributed by atoms with Gasteiger partial charge in [-0.3, -0.25) is 9.69 Å². The summed E-state index contributed by atoms with van der Waals surface area (Å²) < 4.78 is 0. The summed E-state index contributed by atoms with van der Waals surface area (Å²) in [4.78, 5) is 37.5. The van der Waals surface area contributed by atoms with Crippen molar-refractivity contribution >= 4 is 28.4 Å². The van der Waals surface area contributed by atoms with E-state index in [1.165, 1.54) is 0 Å². The summed E-state index contributed by atoms with van der Waals surface area (Å²) in [6.45, 7) is 7.73. The summed E-state index contributed by atoms with van der Waals surface area (Å²) in [5, 5.41) is 6.19.